The van der Waals surface area contributed by atoms with E-state index in [2.05, 4.69) is 10.1 Å². The summed E-state index contributed by atoms with van der Waals surface area (Å²) in [6.07, 6.45) is -0.238. The lowest BCUT2D eigenvalue weighted by atomic mass is 10.1. The number of ether oxygens (including phenoxy) is 2. The zero-order valence-corrected chi connectivity index (χ0v) is 11.4. The van der Waals surface area contributed by atoms with Gasteiger partial charge in [-0.05, 0) is 20.3 Å². The highest BCUT2D eigenvalue weighted by molar-refractivity contribution is 5.85. The summed E-state index contributed by atoms with van der Waals surface area (Å²) in [6, 6.07) is -0.689. The fourth-order valence-corrected chi connectivity index (χ4v) is 0.934. The van der Waals surface area contributed by atoms with Gasteiger partial charge in [0.05, 0.1) is 7.11 Å². The molecule has 6 nitrogen and oxygen atoms in total. The van der Waals surface area contributed by atoms with Gasteiger partial charge in [-0.2, -0.15) is 0 Å². The summed E-state index contributed by atoms with van der Waals surface area (Å²) in [5.74, 6) is -0.495. The molecule has 1 amide bonds. The first-order chi connectivity index (χ1) is 7.36. The van der Waals surface area contributed by atoms with Crippen LogP contribution in [0.15, 0.2) is 0 Å². The first-order valence-corrected chi connectivity index (χ1v) is 5.13. The molecule has 0 bridgehead atoms. The molecule has 1 atom stereocenters. The zero-order valence-electron chi connectivity index (χ0n) is 10.6. The van der Waals surface area contributed by atoms with Crippen LogP contribution in [0.2, 0.25) is 0 Å². The summed E-state index contributed by atoms with van der Waals surface area (Å²) in [6.45, 7) is 5.34. The maximum atomic E-state index is 11.4. The minimum absolute atomic E-state index is 0. The van der Waals surface area contributed by atoms with Crippen LogP contribution in [0.5, 0.6) is 0 Å². The Labute approximate surface area is 108 Å². The monoisotopic (exact) mass is 268 g/mol. The number of methoxy groups -OCH3 is 1. The Hall–Kier alpha value is -1.01. The Morgan fingerprint density at radius 2 is 1.94 bits per heavy atom. The number of alkyl carbamates (subject to hydrolysis) is 1. The highest BCUT2D eigenvalue weighted by atomic mass is 35.5. The van der Waals surface area contributed by atoms with Crippen molar-refractivity contribution in [2.45, 2.75) is 38.8 Å². The molecular formula is C10H21ClN2O4. The third-order valence-corrected chi connectivity index (χ3v) is 2.05. The standard InChI is InChI=1S/C10H20N2O4.ClH/c1-5-7(8(13)15-4)12-9(14)16-10(2,3)6-11;/h7H,5-6,11H2,1-4H3,(H,12,14);1H/t7-;/m1./s1. The number of nitrogens with two attached hydrogens (primary N) is 1. The van der Waals surface area contributed by atoms with Crippen LogP contribution in [-0.2, 0) is 14.3 Å². The minimum Gasteiger partial charge on any atom is -0.467 e. The Balaban J connectivity index is 0. The van der Waals surface area contributed by atoms with E-state index in [4.69, 9.17) is 10.5 Å². The van der Waals surface area contributed by atoms with E-state index in [-0.39, 0.29) is 19.0 Å². The Morgan fingerprint density at radius 1 is 1.41 bits per heavy atom. The van der Waals surface area contributed by atoms with Crippen molar-refractivity contribution in [2.75, 3.05) is 13.7 Å². The summed E-state index contributed by atoms with van der Waals surface area (Å²) in [7, 11) is 1.27. The first-order valence-electron chi connectivity index (χ1n) is 5.13. The molecule has 0 radical (unpaired) electrons. The van der Waals surface area contributed by atoms with E-state index in [9.17, 15) is 9.59 Å². The van der Waals surface area contributed by atoms with Gasteiger partial charge in [-0.3, -0.25) is 0 Å². The number of esters is 1. The largest absolute Gasteiger partial charge is 0.467 e. The van der Waals surface area contributed by atoms with Crippen LogP contribution in [0.3, 0.4) is 0 Å². The molecule has 0 unspecified atom stereocenters. The van der Waals surface area contributed by atoms with Crippen LogP contribution in [0.4, 0.5) is 4.79 Å². The summed E-state index contributed by atoms with van der Waals surface area (Å²) >= 11 is 0. The molecule has 0 aliphatic heterocycles. The van der Waals surface area contributed by atoms with Gasteiger partial charge in [0.25, 0.3) is 0 Å². The summed E-state index contributed by atoms with van der Waals surface area (Å²) in [5, 5.41) is 2.42. The van der Waals surface area contributed by atoms with Crippen molar-refractivity contribution in [2.24, 2.45) is 5.73 Å². The van der Waals surface area contributed by atoms with E-state index in [0.29, 0.717) is 6.42 Å². The number of hydrogen-bond donors (Lipinski definition) is 2. The van der Waals surface area contributed by atoms with Crippen LogP contribution in [0, 0.1) is 0 Å². The van der Waals surface area contributed by atoms with Crippen molar-refractivity contribution in [1.29, 1.82) is 0 Å². The normalized spacial score (nSPS) is 12.1. The van der Waals surface area contributed by atoms with Crippen molar-refractivity contribution in [3.05, 3.63) is 0 Å². The topological polar surface area (TPSA) is 90.6 Å². The number of carbonyl (C=O) groups is 2. The molecule has 0 rings (SSSR count). The van der Waals surface area contributed by atoms with Gasteiger partial charge in [0, 0.05) is 6.54 Å². The van der Waals surface area contributed by atoms with E-state index >= 15 is 0 Å². The number of halogens is 1. The van der Waals surface area contributed by atoms with Gasteiger partial charge in [-0.15, -0.1) is 12.4 Å². The molecule has 102 valence electrons. The second kappa shape index (κ2) is 8.14. The van der Waals surface area contributed by atoms with Gasteiger partial charge in [-0.1, -0.05) is 6.92 Å². The third-order valence-electron chi connectivity index (χ3n) is 2.05. The highest BCUT2D eigenvalue weighted by Crippen LogP contribution is 2.07. The van der Waals surface area contributed by atoms with Crippen molar-refractivity contribution in [1.82, 2.24) is 5.32 Å². The fraction of sp³-hybridized carbons (Fsp3) is 0.800. The van der Waals surface area contributed by atoms with Gasteiger partial charge in [0.2, 0.25) is 0 Å². The summed E-state index contributed by atoms with van der Waals surface area (Å²) in [5.41, 5.74) is 4.66. The van der Waals surface area contributed by atoms with E-state index in [1.165, 1.54) is 7.11 Å². The second-order valence-corrected chi connectivity index (χ2v) is 3.98. The lowest BCUT2D eigenvalue weighted by molar-refractivity contribution is -0.143. The number of hydrogen-bond acceptors (Lipinski definition) is 5. The van der Waals surface area contributed by atoms with Crippen LogP contribution in [0.25, 0.3) is 0 Å². The van der Waals surface area contributed by atoms with Crippen molar-refractivity contribution in [3.63, 3.8) is 0 Å². The van der Waals surface area contributed by atoms with Crippen molar-refractivity contribution >= 4 is 24.5 Å². The van der Waals surface area contributed by atoms with Crippen LogP contribution in [-0.4, -0.2) is 37.4 Å². The van der Waals surface area contributed by atoms with Crippen LogP contribution in [0.1, 0.15) is 27.2 Å². The lowest BCUT2D eigenvalue weighted by Gasteiger charge is -2.24. The smallest absolute Gasteiger partial charge is 0.408 e. The molecule has 0 spiro atoms. The lowest BCUT2D eigenvalue weighted by Crippen LogP contribution is -2.46. The maximum absolute atomic E-state index is 11.4. The van der Waals surface area contributed by atoms with E-state index in [1.54, 1.807) is 20.8 Å². The predicted octanol–water partition coefficient (Wildman–Crippen LogP) is 0.823. The van der Waals surface area contributed by atoms with Gasteiger partial charge in [-0.25, -0.2) is 9.59 Å². The van der Waals surface area contributed by atoms with Gasteiger partial charge in [0.15, 0.2) is 0 Å². The quantitative estimate of drug-likeness (QED) is 0.721. The molecule has 0 aromatic carbocycles. The highest BCUT2D eigenvalue weighted by Gasteiger charge is 2.25. The minimum atomic E-state index is -0.751. The molecule has 0 heterocycles. The molecule has 0 saturated carbocycles. The molecule has 0 fully saturated rings. The van der Waals surface area contributed by atoms with E-state index < -0.39 is 23.7 Å². The Bertz CT molecular complexity index is 259. The predicted molar refractivity (Wildman–Crippen MR) is 66.1 cm³/mol. The molecule has 0 saturated heterocycles. The van der Waals surface area contributed by atoms with Crippen molar-refractivity contribution < 1.29 is 19.1 Å². The molecule has 0 aliphatic rings. The molecule has 0 aromatic heterocycles. The number of carbonyl (C=O) groups excluding carboxylic acids is 2. The Morgan fingerprint density at radius 3 is 2.29 bits per heavy atom. The SMILES string of the molecule is CC[C@@H](NC(=O)OC(C)(C)CN)C(=O)OC.Cl. The summed E-state index contributed by atoms with van der Waals surface area (Å²) < 4.78 is 9.56. The average molecular weight is 269 g/mol. The molecule has 17 heavy (non-hydrogen) atoms. The second-order valence-electron chi connectivity index (χ2n) is 3.98. The molecular weight excluding hydrogens is 248 g/mol. The first kappa shape index (κ1) is 18.4. The third kappa shape index (κ3) is 7.01. The number of rotatable bonds is 5. The fourth-order valence-electron chi connectivity index (χ4n) is 0.934. The summed E-state index contributed by atoms with van der Waals surface area (Å²) in [4.78, 5) is 22.6. The number of amides is 1. The van der Waals surface area contributed by atoms with Gasteiger partial charge < -0.3 is 20.5 Å². The zero-order chi connectivity index (χ0) is 12.8. The van der Waals surface area contributed by atoms with Crippen molar-refractivity contribution in [3.8, 4) is 0 Å². The number of nitrogens with one attached hydrogen (secondary N) is 1. The average Bonchev–Trinajstić information content (AvgIpc) is 2.24. The Kier molecular flexibility index (Phi) is 8.79. The van der Waals surface area contributed by atoms with E-state index in [0.717, 1.165) is 0 Å². The van der Waals surface area contributed by atoms with E-state index in [1.807, 2.05) is 0 Å². The van der Waals surface area contributed by atoms with Crippen LogP contribution >= 0.6 is 12.4 Å². The molecule has 7 heteroatoms. The molecule has 3 N–H and O–H groups in total. The van der Waals surface area contributed by atoms with Gasteiger partial charge >= 0.3 is 12.1 Å². The maximum Gasteiger partial charge on any atom is 0.408 e. The van der Waals surface area contributed by atoms with Crippen LogP contribution < -0.4 is 11.1 Å². The molecule has 0 aliphatic carbocycles. The molecule has 0 aromatic rings. The van der Waals surface area contributed by atoms with Gasteiger partial charge in [0.1, 0.15) is 11.6 Å².